The van der Waals surface area contributed by atoms with Crippen molar-refractivity contribution in [1.29, 1.82) is 0 Å². The molecule has 0 bridgehead atoms. The van der Waals surface area contributed by atoms with Crippen molar-refractivity contribution in [2.45, 2.75) is 116 Å². The zero-order valence-corrected chi connectivity index (χ0v) is 30.6. The van der Waals surface area contributed by atoms with Crippen LogP contribution in [-0.4, -0.2) is 74.5 Å². The van der Waals surface area contributed by atoms with Gasteiger partial charge in [-0.2, -0.15) is 0 Å². The van der Waals surface area contributed by atoms with E-state index in [1.807, 2.05) is 89.2 Å². The second-order valence-electron chi connectivity index (χ2n) is 15.8. The molecule has 0 radical (unpaired) electrons. The van der Waals surface area contributed by atoms with Crippen LogP contribution in [0.5, 0.6) is 0 Å². The van der Waals surface area contributed by atoms with Crippen LogP contribution >= 0.6 is 0 Å². The Labute approximate surface area is 297 Å². The number of piperidine rings is 1. The predicted molar refractivity (Wildman–Crippen MR) is 197 cm³/mol. The number of fused-ring (bicyclic) bond motifs is 2. The maximum Gasteiger partial charge on any atom is 0.243 e. The third-order valence-corrected chi connectivity index (χ3v) is 10.7. The molecule has 2 aliphatic rings. The van der Waals surface area contributed by atoms with Crippen molar-refractivity contribution in [2.24, 2.45) is 23.7 Å². The van der Waals surface area contributed by atoms with Gasteiger partial charge < -0.3 is 26.0 Å². The molecule has 50 heavy (non-hydrogen) atoms. The number of nitrogens with zero attached hydrogens (tertiary/aromatic N) is 2. The van der Waals surface area contributed by atoms with Gasteiger partial charge in [0.05, 0.1) is 29.7 Å². The molecule has 1 saturated carbocycles. The zero-order chi connectivity index (χ0) is 35.8. The standard InChI is InChI=1S/C40H58N6O4/c1-6-26(2)36(39(50)41-23-35-42-32-18-12-13-19-33(32)43-35)44-37(48)30(20-27-14-8-7-9-15-27)21-31(47)25-46-24-29-17-11-10-16-28(29)22-34(46)38(49)45-40(3,4)5/h7-9,12-15,18-19,26,28-31,34,36,47H,6,10-11,16-17,20-25H2,1-5H3,(H,41,50)(H,42,43)(H,44,48)(H,45,49)/t26-,28-,29+,30+,31-,34-,36-/m0/s1. The quantitative estimate of drug-likeness (QED) is 0.160. The Hall–Kier alpha value is -3.76. The van der Waals surface area contributed by atoms with E-state index >= 15 is 0 Å². The SMILES string of the molecule is CC[C@H](C)[C@H](NC(=O)[C@H](Cc1ccccc1)C[C@H](O)CN1C[C@H]2CCCC[C@H]2C[C@H]1C(=O)NC(C)(C)C)C(=O)NCc1nc2ccccc2[nH]1. The highest BCUT2D eigenvalue weighted by Gasteiger charge is 2.41. The highest BCUT2D eigenvalue weighted by Crippen LogP contribution is 2.39. The van der Waals surface area contributed by atoms with Crippen LogP contribution in [0.1, 0.15) is 91.0 Å². The molecule has 272 valence electrons. The number of amides is 3. The Balaban J connectivity index is 1.28. The number of aliphatic hydroxyl groups is 1. The van der Waals surface area contributed by atoms with Gasteiger partial charge in [0.25, 0.3) is 0 Å². The lowest BCUT2D eigenvalue weighted by molar-refractivity contribution is -0.134. The maximum atomic E-state index is 14.1. The second kappa shape index (κ2) is 17.0. The number of benzene rings is 2. The van der Waals surface area contributed by atoms with E-state index in [9.17, 15) is 19.5 Å². The van der Waals surface area contributed by atoms with Crippen LogP contribution < -0.4 is 16.0 Å². The van der Waals surface area contributed by atoms with Crippen molar-refractivity contribution >= 4 is 28.8 Å². The number of H-pyrrole nitrogens is 1. The molecular weight excluding hydrogens is 628 g/mol. The lowest BCUT2D eigenvalue weighted by atomic mass is 9.72. The van der Waals surface area contributed by atoms with Crippen LogP contribution in [0.15, 0.2) is 54.6 Å². The largest absolute Gasteiger partial charge is 0.392 e. The number of para-hydroxylation sites is 2. The summed E-state index contributed by atoms with van der Waals surface area (Å²) in [4.78, 5) is 51.3. The summed E-state index contributed by atoms with van der Waals surface area (Å²) in [5, 5.41) is 20.9. The molecule has 0 spiro atoms. The Kier molecular flexibility index (Phi) is 12.7. The molecule has 5 N–H and O–H groups in total. The Morgan fingerprint density at radius 1 is 1.00 bits per heavy atom. The molecule has 1 aliphatic carbocycles. The lowest BCUT2D eigenvalue weighted by Crippen LogP contribution is -2.58. The summed E-state index contributed by atoms with van der Waals surface area (Å²) in [6.07, 6.45) is 6.04. The summed E-state index contributed by atoms with van der Waals surface area (Å²) in [7, 11) is 0. The normalized spacial score (nSPS) is 22.2. The summed E-state index contributed by atoms with van der Waals surface area (Å²) in [5.41, 5.74) is 2.36. The third kappa shape index (κ3) is 10.2. The van der Waals surface area contributed by atoms with E-state index in [1.165, 1.54) is 12.8 Å². The zero-order valence-electron chi connectivity index (χ0n) is 30.6. The number of nitrogens with one attached hydrogen (secondary N) is 4. The molecule has 2 aromatic carbocycles. The van der Waals surface area contributed by atoms with Crippen molar-refractivity contribution in [1.82, 2.24) is 30.8 Å². The minimum Gasteiger partial charge on any atom is -0.392 e. The van der Waals surface area contributed by atoms with E-state index < -0.39 is 18.1 Å². The van der Waals surface area contributed by atoms with Crippen molar-refractivity contribution in [3.8, 4) is 0 Å². The minimum absolute atomic E-state index is 0.0114. The summed E-state index contributed by atoms with van der Waals surface area (Å²) in [6, 6.07) is 16.5. The van der Waals surface area contributed by atoms with E-state index in [4.69, 9.17) is 0 Å². The Morgan fingerprint density at radius 2 is 1.70 bits per heavy atom. The van der Waals surface area contributed by atoms with Crippen molar-refractivity contribution < 1.29 is 19.5 Å². The fourth-order valence-electron chi connectivity index (χ4n) is 7.83. The molecule has 0 unspecified atom stereocenters. The first kappa shape index (κ1) is 37.5. The number of aliphatic hydroxyl groups excluding tert-OH is 1. The molecular formula is C40H58N6O4. The minimum atomic E-state index is -0.830. The highest BCUT2D eigenvalue weighted by atomic mass is 16.3. The van der Waals surface area contributed by atoms with Gasteiger partial charge in [0.1, 0.15) is 11.9 Å². The number of hydrogen-bond donors (Lipinski definition) is 5. The predicted octanol–water partition coefficient (Wildman–Crippen LogP) is 5.12. The van der Waals surface area contributed by atoms with Crippen molar-refractivity contribution in [3.63, 3.8) is 0 Å². The number of rotatable bonds is 14. The fraction of sp³-hybridized carbons (Fsp3) is 0.600. The lowest BCUT2D eigenvalue weighted by Gasteiger charge is -2.46. The van der Waals surface area contributed by atoms with Gasteiger partial charge in [0, 0.05) is 24.5 Å². The molecule has 1 aromatic heterocycles. The highest BCUT2D eigenvalue weighted by molar-refractivity contribution is 5.89. The number of imidazole rings is 1. The van der Waals surface area contributed by atoms with Crippen LogP contribution in [0.3, 0.4) is 0 Å². The smallest absolute Gasteiger partial charge is 0.243 e. The average molecular weight is 687 g/mol. The van der Waals surface area contributed by atoms with Crippen molar-refractivity contribution in [3.05, 3.63) is 66.0 Å². The first-order chi connectivity index (χ1) is 23.9. The van der Waals surface area contributed by atoms with E-state index in [0.717, 1.165) is 42.4 Å². The molecule has 2 heterocycles. The van der Waals surface area contributed by atoms with Gasteiger partial charge in [-0.05, 0) is 81.9 Å². The molecule has 5 rings (SSSR count). The fourth-order valence-corrected chi connectivity index (χ4v) is 7.83. The molecule has 10 nitrogen and oxygen atoms in total. The van der Waals surface area contributed by atoms with E-state index in [0.29, 0.717) is 37.0 Å². The van der Waals surface area contributed by atoms with Gasteiger partial charge in [-0.25, -0.2) is 4.98 Å². The molecule has 3 aromatic rings. The number of likely N-dealkylation sites (tertiary alicyclic amines) is 1. The average Bonchev–Trinajstić information content (AvgIpc) is 3.51. The van der Waals surface area contributed by atoms with Gasteiger partial charge in [-0.3, -0.25) is 19.3 Å². The Morgan fingerprint density at radius 3 is 2.40 bits per heavy atom. The third-order valence-electron chi connectivity index (χ3n) is 10.7. The number of aromatic amines is 1. The van der Waals surface area contributed by atoms with Gasteiger partial charge >= 0.3 is 0 Å². The molecule has 1 saturated heterocycles. The monoisotopic (exact) mass is 686 g/mol. The first-order valence-electron chi connectivity index (χ1n) is 18.7. The van der Waals surface area contributed by atoms with Crippen LogP contribution in [0.2, 0.25) is 0 Å². The van der Waals surface area contributed by atoms with Gasteiger partial charge in [0.2, 0.25) is 17.7 Å². The molecule has 10 heteroatoms. The van der Waals surface area contributed by atoms with Gasteiger partial charge in [0.15, 0.2) is 0 Å². The summed E-state index contributed by atoms with van der Waals surface area (Å²) < 4.78 is 0. The Bertz CT molecular complexity index is 1540. The second-order valence-corrected chi connectivity index (χ2v) is 15.8. The first-order valence-corrected chi connectivity index (χ1v) is 18.7. The van der Waals surface area contributed by atoms with Crippen LogP contribution in [0.4, 0.5) is 0 Å². The van der Waals surface area contributed by atoms with Gasteiger partial charge in [-0.15, -0.1) is 0 Å². The van der Waals surface area contributed by atoms with Crippen molar-refractivity contribution in [2.75, 3.05) is 13.1 Å². The molecule has 7 atom stereocenters. The topological polar surface area (TPSA) is 139 Å². The molecule has 2 fully saturated rings. The number of carbonyl (C=O) groups excluding carboxylic acids is 3. The van der Waals surface area contributed by atoms with E-state index in [-0.39, 0.29) is 48.2 Å². The van der Waals surface area contributed by atoms with E-state index in [2.05, 4.69) is 30.8 Å². The number of hydrogen-bond acceptors (Lipinski definition) is 6. The van der Waals surface area contributed by atoms with Crippen LogP contribution in [0.25, 0.3) is 11.0 Å². The number of β-amino-alcohol motifs (C(OH)–C–C–N with tert-alkyl or cyclic N) is 1. The number of aromatic nitrogens is 2. The van der Waals surface area contributed by atoms with Gasteiger partial charge in [-0.1, -0.05) is 82.0 Å². The molecule has 3 amide bonds. The summed E-state index contributed by atoms with van der Waals surface area (Å²) in [6.45, 7) is 11.3. The summed E-state index contributed by atoms with van der Waals surface area (Å²) in [5.74, 6) is 0.489. The van der Waals surface area contributed by atoms with Crippen LogP contribution in [0, 0.1) is 23.7 Å². The molecule has 1 aliphatic heterocycles. The maximum absolute atomic E-state index is 14.1. The van der Waals surface area contributed by atoms with Crippen LogP contribution in [-0.2, 0) is 27.3 Å². The summed E-state index contributed by atoms with van der Waals surface area (Å²) >= 11 is 0. The van der Waals surface area contributed by atoms with E-state index in [1.54, 1.807) is 0 Å². The number of carbonyl (C=O) groups is 3.